The Labute approximate surface area is 102 Å². The molecule has 1 heterocycles. The van der Waals surface area contributed by atoms with Gasteiger partial charge in [-0.2, -0.15) is 0 Å². The van der Waals surface area contributed by atoms with Gasteiger partial charge in [-0.1, -0.05) is 25.1 Å². The fraction of sp³-hybridized carbons (Fsp3) is 0.462. The third-order valence-electron chi connectivity index (χ3n) is 3.01. The Morgan fingerprint density at radius 2 is 2.24 bits per heavy atom. The minimum absolute atomic E-state index is 0.0399. The van der Waals surface area contributed by atoms with Gasteiger partial charge in [0.1, 0.15) is 0 Å². The minimum Gasteiger partial charge on any atom is -0.324 e. The molecule has 0 radical (unpaired) electrons. The quantitative estimate of drug-likeness (QED) is 0.722. The minimum atomic E-state index is -0.131. The average molecular weight is 233 g/mol. The summed E-state index contributed by atoms with van der Waals surface area (Å²) in [7, 11) is 0. The number of carbonyl (C=O) groups is 1. The molecule has 3 N–H and O–H groups in total. The molecule has 1 aliphatic heterocycles. The third-order valence-corrected chi connectivity index (χ3v) is 3.01. The highest BCUT2D eigenvalue weighted by Gasteiger charge is 2.20. The van der Waals surface area contributed by atoms with Crippen molar-refractivity contribution in [3.05, 3.63) is 29.8 Å². The number of rotatable bonds is 3. The normalized spacial score (nSPS) is 19.9. The van der Waals surface area contributed by atoms with Gasteiger partial charge >= 0.3 is 0 Å². The second-order valence-corrected chi connectivity index (χ2v) is 4.21. The first-order valence-electron chi connectivity index (χ1n) is 6.14. The smallest absolute Gasteiger partial charge is 0.242 e. The maximum absolute atomic E-state index is 12.0. The Balaban J connectivity index is 2.01. The van der Waals surface area contributed by atoms with E-state index < -0.39 is 0 Å². The van der Waals surface area contributed by atoms with Crippen molar-refractivity contribution in [2.75, 3.05) is 25.0 Å². The van der Waals surface area contributed by atoms with Crippen LogP contribution in [0.15, 0.2) is 24.3 Å². The van der Waals surface area contributed by atoms with E-state index in [9.17, 15) is 4.79 Å². The van der Waals surface area contributed by atoms with Gasteiger partial charge in [-0.3, -0.25) is 4.79 Å². The molecule has 0 aromatic heterocycles. The standard InChI is InChI=1S/C13H19N3O/c1-2-10-5-3-4-6-11(10)16-13(17)12-9-14-7-8-15-12/h3-6,12,14-15H,2,7-9H2,1H3,(H,16,17). The number of amides is 1. The average Bonchev–Trinajstić information content (AvgIpc) is 2.40. The van der Waals surface area contributed by atoms with Crippen LogP contribution >= 0.6 is 0 Å². The van der Waals surface area contributed by atoms with Crippen molar-refractivity contribution < 1.29 is 4.79 Å². The highest BCUT2D eigenvalue weighted by atomic mass is 16.2. The third kappa shape index (κ3) is 3.05. The fourth-order valence-corrected chi connectivity index (χ4v) is 2.01. The number of nitrogens with one attached hydrogen (secondary N) is 3. The summed E-state index contributed by atoms with van der Waals surface area (Å²) in [5.74, 6) is 0.0399. The van der Waals surface area contributed by atoms with E-state index in [4.69, 9.17) is 0 Å². The second-order valence-electron chi connectivity index (χ2n) is 4.21. The monoisotopic (exact) mass is 233 g/mol. The molecule has 0 saturated carbocycles. The molecule has 17 heavy (non-hydrogen) atoms. The van der Waals surface area contributed by atoms with Gasteiger partial charge in [0.2, 0.25) is 5.91 Å². The van der Waals surface area contributed by atoms with Crippen LogP contribution < -0.4 is 16.0 Å². The second kappa shape index (κ2) is 5.80. The first kappa shape index (κ1) is 12.1. The molecule has 1 amide bonds. The molecule has 0 aliphatic carbocycles. The van der Waals surface area contributed by atoms with Crippen LogP contribution in [-0.2, 0) is 11.2 Å². The van der Waals surface area contributed by atoms with E-state index in [-0.39, 0.29) is 11.9 Å². The van der Waals surface area contributed by atoms with E-state index >= 15 is 0 Å². The summed E-state index contributed by atoms with van der Waals surface area (Å²) in [6.07, 6.45) is 0.923. The summed E-state index contributed by atoms with van der Waals surface area (Å²) in [4.78, 5) is 12.0. The highest BCUT2D eigenvalue weighted by Crippen LogP contribution is 2.15. The van der Waals surface area contributed by atoms with E-state index in [1.165, 1.54) is 5.56 Å². The molecule has 92 valence electrons. The lowest BCUT2D eigenvalue weighted by Gasteiger charge is -2.24. The van der Waals surface area contributed by atoms with Crippen molar-refractivity contribution in [1.82, 2.24) is 10.6 Å². The van der Waals surface area contributed by atoms with Gasteiger partial charge in [0, 0.05) is 25.3 Å². The van der Waals surface area contributed by atoms with Crippen LogP contribution in [0.5, 0.6) is 0 Å². The lowest BCUT2D eigenvalue weighted by atomic mass is 10.1. The number of para-hydroxylation sites is 1. The van der Waals surface area contributed by atoms with Crippen LogP contribution in [0.2, 0.25) is 0 Å². The number of hydrogen-bond acceptors (Lipinski definition) is 3. The van der Waals surface area contributed by atoms with Gasteiger partial charge in [-0.25, -0.2) is 0 Å². The number of aryl methyl sites for hydroxylation is 1. The topological polar surface area (TPSA) is 53.2 Å². The first-order chi connectivity index (χ1) is 8.31. The van der Waals surface area contributed by atoms with Crippen LogP contribution in [0, 0.1) is 0 Å². The maximum Gasteiger partial charge on any atom is 0.242 e. The van der Waals surface area contributed by atoms with Gasteiger partial charge in [-0.15, -0.1) is 0 Å². The molecular formula is C13H19N3O. The van der Waals surface area contributed by atoms with Crippen LogP contribution in [0.3, 0.4) is 0 Å². The van der Waals surface area contributed by atoms with Gasteiger partial charge in [0.25, 0.3) is 0 Å². The van der Waals surface area contributed by atoms with E-state index in [1.54, 1.807) is 0 Å². The van der Waals surface area contributed by atoms with Crippen molar-refractivity contribution in [3.8, 4) is 0 Å². The number of hydrogen-bond donors (Lipinski definition) is 3. The molecule has 1 saturated heterocycles. The molecule has 1 aliphatic rings. The molecule has 4 heteroatoms. The zero-order valence-electron chi connectivity index (χ0n) is 10.1. The molecular weight excluding hydrogens is 214 g/mol. The molecule has 1 atom stereocenters. The summed E-state index contributed by atoms with van der Waals surface area (Å²) in [6, 6.07) is 7.81. The Bertz CT molecular complexity index is 386. The van der Waals surface area contributed by atoms with Gasteiger partial charge in [0.15, 0.2) is 0 Å². The Hall–Kier alpha value is -1.39. The lowest BCUT2D eigenvalue weighted by molar-refractivity contribution is -0.118. The number of piperazine rings is 1. The zero-order chi connectivity index (χ0) is 12.1. The molecule has 4 nitrogen and oxygen atoms in total. The lowest BCUT2D eigenvalue weighted by Crippen LogP contribution is -2.54. The Kier molecular flexibility index (Phi) is 4.12. The van der Waals surface area contributed by atoms with E-state index in [0.29, 0.717) is 6.54 Å². The Morgan fingerprint density at radius 3 is 2.94 bits per heavy atom. The zero-order valence-corrected chi connectivity index (χ0v) is 10.1. The van der Waals surface area contributed by atoms with Gasteiger partial charge < -0.3 is 16.0 Å². The summed E-state index contributed by atoms with van der Waals surface area (Å²) in [6.45, 7) is 4.55. The van der Waals surface area contributed by atoms with Gasteiger partial charge in [-0.05, 0) is 18.1 Å². The van der Waals surface area contributed by atoms with Gasteiger partial charge in [0.05, 0.1) is 6.04 Å². The molecule has 0 bridgehead atoms. The highest BCUT2D eigenvalue weighted by molar-refractivity contribution is 5.95. The molecule has 1 aromatic rings. The van der Waals surface area contributed by atoms with Crippen molar-refractivity contribution in [2.24, 2.45) is 0 Å². The maximum atomic E-state index is 12.0. The number of benzene rings is 1. The van der Waals surface area contributed by atoms with Crippen molar-refractivity contribution >= 4 is 11.6 Å². The fourth-order valence-electron chi connectivity index (χ4n) is 2.01. The molecule has 2 rings (SSSR count). The molecule has 1 unspecified atom stereocenters. The van der Waals surface area contributed by atoms with E-state index in [2.05, 4.69) is 22.9 Å². The predicted molar refractivity (Wildman–Crippen MR) is 69.1 cm³/mol. The van der Waals surface area contributed by atoms with Crippen molar-refractivity contribution in [1.29, 1.82) is 0 Å². The van der Waals surface area contributed by atoms with E-state index in [0.717, 1.165) is 25.2 Å². The summed E-state index contributed by atoms with van der Waals surface area (Å²) >= 11 is 0. The Morgan fingerprint density at radius 1 is 1.41 bits per heavy atom. The molecule has 0 spiro atoms. The van der Waals surface area contributed by atoms with E-state index in [1.807, 2.05) is 24.3 Å². The van der Waals surface area contributed by atoms with Crippen molar-refractivity contribution in [2.45, 2.75) is 19.4 Å². The number of anilines is 1. The van der Waals surface area contributed by atoms with Crippen molar-refractivity contribution in [3.63, 3.8) is 0 Å². The van der Waals surface area contributed by atoms with Crippen LogP contribution in [0.4, 0.5) is 5.69 Å². The molecule has 1 fully saturated rings. The van der Waals surface area contributed by atoms with Crippen LogP contribution in [0.25, 0.3) is 0 Å². The number of carbonyl (C=O) groups excluding carboxylic acids is 1. The first-order valence-corrected chi connectivity index (χ1v) is 6.14. The van der Waals surface area contributed by atoms with Crippen LogP contribution in [-0.4, -0.2) is 31.6 Å². The molecule has 1 aromatic carbocycles. The van der Waals surface area contributed by atoms with Crippen LogP contribution in [0.1, 0.15) is 12.5 Å². The summed E-state index contributed by atoms with van der Waals surface area (Å²) in [5, 5.41) is 9.40. The summed E-state index contributed by atoms with van der Waals surface area (Å²) in [5.41, 5.74) is 2.09. The predicted octanol–water partition coefficient (Wildman–Crippen LogP) is 0.749. The summed E-state index contributed by atoms with van der Waals surface area (Å²) < 4.78 is 0. The largest absolute Gasteiger partial charge is 0.324 e. The SMILES string of the molecule is CCc1ccccc1NC(=O)C1CNCCN1.